The Balaban J connectivity index is 2.49. The number of quaternary nitrogens is 1. The van der Waals surface area contributed by atoms with Crippen LogP contribution < -0.4 is 5.48 Å². The molecule has 0 aliphatic heterocycles. The number of rotatable bonds is 7. The highest BCUT2D eigenvalue weighted by molar-refractivity contribution is 5.73. The second kappa shape index (κ2) is 8.48. The van der Waals surface area contributed by atoms with Crippen LogP contribution in [-0.2, 0) is 11.3 Å². The lowest BCUT2D eigenvalue weighted by atomic mass is 9.92. The zero-order valence-corrected chi connectivity index (χ0v) is 14.6. The van der Waals surface area contributed by atoms with E-state index in [2.05, 4.69) is 20.4 Å². The Morgan fingerprint density at radius 2 is 1.71 bits per heavy atom. The van der Waals surface area contributed by atoms with Crippen molar-refractivity contribution in [2.45, 2.75) is 27.4 Å². The van der Waals surface area contributed by atoms with E-state index in [1.807, 2.05) is 61.5 Å². The van der Waals surface area contributed by atoms with Gasteiger partial charge < -0.3 is 4.74 Å². The van der Waals surface area contributed by atoms with Gasteiger partial charge in [0.2, 0.25) is 0 Å². The Morgan fingerprint density at radius 1 is 1.08 bits per heavy atom. The molecule has 0 fully saturated rings. The lowest BCUT2D eigenvalue weighted by Gasteiger charge is -2.20. The van der Waals surface area contributed by atoms with Gasteiger partial charge in [-0.1, -0.05) is 68.5 Å². The number of para-hydroxylation sites is 1. The van der Waals surface area contributed by atoms with Crippen LogP contribution in [0.3, 0.4) is 0 Å². The summed E-state index contributed by atoms with van der Waals surface area (Å²) in [7, 11) is 0. The highest BCUT2D eigenvalue weighted by atomic mass is 16.5. The molecule has 0 atom stereocenters. The van der Waals surface area contributed by atoms with Crippen molar-refractivity contribution in [1.29, 1.82) is 0 Å². The van der Waals surface area contributed by atoms with Crippen molar-refractivity contribution in [3.8, 4) is 0 Å². The fourth-order valence-corrected chi connectivity index (χ4v) is 2.80. The number of ether oxygens (including phenoxy) is 1. The Morgan fingerprint density at radius 3 is 2.29 bits per heavy atom. The molecule has 0 amide bonds. The zero-order valence-electron chi connectivity index (χ0n) is 14.6. The van der Waals surface area contributed by atoms with Crippen molar-refractivity contribution < 1.29 is 15.4 Å². The number of hydrogen-bond donors (Lipinski definition) is 2. The fourth-order valence-electron chi connectivity index (χ4n) is 2.80. The van der Waals surface area contributed by atoms with Gasteiger partial charge in [-0.25, -0.2) is 5.21 Å². The summed E-state index contributed by atoms with van der Waals surface area (Å²) < 4.78 is 6.23. The van der Waals surface area contributed by atoms with E-state index >= 15 is 0 Å². The van der Waals surface area contributed by atoms with E-state index in [0.717, 1.165) is 39.2 Å². The summed E-state index contributed by atoms with van der Waals surface area (Å²) in [4.78, 5) is 0. The number of nitrogens with two attached hydrogens (primary N) is 1. The average molecular weight is 324 g/mol. The molecule has 0 bridgehead atoms. The maximum atomic E-state index is 9.59. The number of allylic oxidation sites excluding steroid dienone is 2. The van der Waals surface area contributed by atoms with Gasteiger partial charge in [0.1, 0.15) is 12.4 Å². The van der Waals surface area contributed by atoms with Gasteiger partial charge in [-0.2, -0.15) is 5.48 Å². The van der Waals surface area contributed by atoms with Crippen molar-refractivity contribution in [2.75, 3.05) is 0 Å². The molecule has 0 saturated heterocycles. The molecule has 0 heterocycles. The van der Waals surface area contributed by atoms with Crippen molar-refractivity contribution in [2.24, 2.45) is 5.92 Å². The van der Waals surface area contributed by atoms with Crippen LogP contribution in [0.25, 0.3) is 5.76 Å². The molecular weight excluding hydrogens is 298 g/mol. The molecule has 0 spiro atoms. The smallest absolute Gasteiger partial charge is 0.172 e. The minimum Gasteiger partial charge on any atom is -0.488 e. The number of benzene rings is 2. The Kier molecular flexibility index (Phi) is 6.36. The van der Waals surface area contributed by atoms with Gasteiger partial charge in [-0.05, 0) is 30.0 Å². The first-order valence-electron chi connectivity index (χ1n) is 8.18. The van der Waals surface area contributed by atoms with Gasteiger partial charge in [-0.3, -0.25) is 0 Å². The summed E-state index contributed by atoms with van der Waals surface area (Å²) in [5, 5.41) is 9.59. The molecule has 24 heavy (non-hydrogen) atoms. The van der Waals surface area contributed by atoms with Crippen LogP contribution in [0.15, 0.2) is 72.3 Å². The molecule has 0 aromatic heterocycles. The van der Waals surface area contributed by atoms with E-state index in [1.165, 1.54) is 0 Å². The van der Waals surface area contributed by atoms with Crippen LogP contribution in [0.1, 0.15) is 31.9 Å². The monoisotopic (exact) mass is 324 g/mol. The maximum absolute atomic E-state index is 9.59. The van der Waals surface area contributed by atoms with E-state index < -0.39 is 0 Å². The molecule has 0 unspecified atom stereocenters. The van der Waals surface area contributed by atoms with Gasteiger partial charge >= 0.3 is 0 Å². The zero-order chi connectivity index (χ0) is 17.5. The topological polar surface area (TPSA) is 46.1 Å². The standard InChI is InChI=1S/C21H25NO2/c1-15(2)20(16(3)4)21(18-12-8-9-13-19(18)22-23)24-14-17-10-6-5-7-11-17/h5-13,16,22-23H,1,14H2,2-4H3/p+1/b21-20-. The molecular formula is C21H26NO2+. The van der Waals surface area contributed by atoms with E-state index in [4.69, 9.17) is 4.74 Å². The predicted molar refractivity (Wildman–Crippen MR) is 97.6 cm³/mol. The third-order valence-electron chi connectivity index (χ3n) is 3.85. The van der Waals surface area contributed by atoms with Gasteiger partial charge in [0.05, 0.1) is 5.56 Å². The SMILES string of the molecule is C=C(C)/C(=C(/OCc1ccccc1)c1ccccc1[NH2+]O)C(C)C. The quantitative estimate of drug-likeness (QED) is 0.342. The second-order valence-electron chi connectivity index (χ2n) is 6.17. The maximum Gasteiger partial charge on any atom is 0.172 e. The van der Waals surface area contributed by atoms with Crippen LogP contribution in [0, 0.1) is 5.92 Å². The lowest BCUT2D eigenvalue weighted by Crippen LogP contribution is -2.74. The van der Waals surface area contributed by atoms with E-state index in [1.54, 1.807) is 0 Å². The normalized spacial score (nSPS) is 12.0. The van der Waals surface area contributed by atoms with Crippen molar-refractivity contribution in [3.05, 3.63) is 83.4 Å². The Bertz CT molecular complexity index is 718. The summed E-state index contributed by atoms with van der Waals surface area (Å²) in [6, 6.07) is 17.8. The van der Waals surface area contributed by atoms with E-state index in [9.17, 15) is 5.21 Å². The fraction of sp³-hybridized carbons (Fsp3) is 0.238. The van der Waals surface area contributed by atoms with E-state index in [-0.39, 0.29) is 5.92 Å². The molecule has 3 heteroatoms. The lowest BCUT2D eigenvalue weighted by molar-refractivity contribution is -0.825. The molecule has 0 aliphatic carbocycles. The van der Waals surface area contributed by atoms with Crippen molar-refractivity contribution in [3.63, 3.8) is 0 Å². The molecule has 2 aromatic carbocycles. The second-order valence-corrected chi connectivity index (χ2v) is 6.17. The average Bonchev–Trinajstić information content (AvgIpc) is 2.58. The minimum atomic E-state index is 0.264. The van der Waals surface area contributed by atoms with Crippen LogP contribution >= 0.6 is 0 Å². The molecule has 0 radical (unpaired) electrons. The van der Waals surface area contributed by atoms with Gasteiger partial charge in [0, 0.05) is 6.07 Å². The Hall–Kier alpha value is -2.36. The molecule has 2 aromatic rings. The van der Waals surface area contributed by atoms with Crippen molar-refractivity contribution in [1.82, 2.24) is 0 Å². The van der Waals surface area contributed by atoms with Gasteiger partial charge in [0.15, 0.2) is 5.69 Å². The highest BCUT2D eigenvalue weighted by Crippen LogP contribution is 2.32. The first-order chi connectivity index (χ1) is 11.5. The molecule has 3 N–H and O–H groups in total. The van der Waals surface area contributed by atoms with Crippen molar-refractivity contribution >= 4 is 11.4 Å². The third-order valence-corrected chi connectivity index (χ3v) is 3.85. The highest BCUT2D eigenvalue weighted by Gasteiger charge is 2.20. The first-order valence-corrected chi connectivity index (χ1v) is 8.18. The summed E-state index contributed by atoms with van der Waals surface area (Å²) >= 11 is 0. The largest absolute Gasteiger partial charge is 0.488 e. The number of hydrogen-bond acceptors (Lipinski definition) is 2. The molecule has 3 nitrogen and oxygen atoms in total. The minimum absolute atomic E-state index is 0.264. The predicted octanol–water partition coefficient (Wildman–Crippen LogP) is 4.43. The van der Waals surface area contributed by atoms with Gasteiger partial charge in [-0.15, -0.1) is 0 Å². The molecule has 126 valence electrons. The summed E-state index contributed by atoms with van der Waals surface area (Å²) in [6.45, 7) is 10.8. The molecule has 2 rings (SSSR count). The van der Waals surface area contributed by atoms with E-state index in [0.29, 0.717) is 6.61 Å². The summed E-state index contributed by atoms with van der Waals surface area (Å²) in [5.41, 5.74) is 5.88. The first kappa shape index (κ1) is 18.0. The summed E-state index contributed by atoms with van der Waals surface area (Å²) in [5.74, 6) is 1.04. The molecule has 0 saturated carbocycles. The van der Waals surface area contributed by atoms with Crippen LogP contribution in [-0.4, -0.2) is 5.21 Å². The van der Waals surface area contributed by atoms with Crippen LogP contribution in [0.5, 0.6) is 0 Å². The summed E-state index contributed by atoms with van der Waals surface area (Å²) in [6.07, 6.45) is 0. The van der Waals surface area contributed by atoms with Gasteiger partial charge in [0.25, 0.3) is 0 Å². The third kappa shape index (κ3) is 4.34. The Labute approximate surface area is 144 Å². The molecule has 0 aliphatic rings. The van der Waals surface area contributed by atoms with Crippen LogP contribution in [0.4, 0.5) is 5.69 Å². The van der Waals surface area contributed by atoms with Crippen LogP contribution in [0.2, 0.25) is 0 Å².